The Hall–Kier alpha value is -2.78. The van der Waals surface area contributed by atoms with Crippen LogP contribution < -0.4 is 14.4 Å². The summed E-state index contributed by atoms with van der Waals surface area (Å²) in [5, 5.41) is 3.28. The molecule has 0 aliphatic heterocycles. The van der Waals surface area contributed by atoms with Gasteiger partial charge in [-0.2, -0.15) is 0 Å². The predicted octanol–water partition coefficient (Wildman–Crippen LogP) is 3.30. The van der Waals surface area contributed by atoms with Gasteiger partial charge in [0.15, 0.2) is 0 Å². The molecule has 0 bridgehead atoms. The lowest BCUT2D eigenvalue weighted by atomic mass is 10.1. The Bertz CT molecular complexity index is 1110. The van der Waals surface area contributed by atoms with Crippen LogP contribution in [0.3, 0.4) is 0 Å². The molecule has 0 spiro atoms. The van der Waals surface area contributed by atoms with Gasteiger partial charge in [-0.15, -0.1) is 0 Å². The number of amides is 2. The summed E-state index contributed by atoms with van der Waals surface area (Å²) in [4.78, 5) is 27.7. The fourth-order valence-electron chi connectivity index (χ4n) is 3.22. The Balaban J connectivity index is 2.39. The van der Waals surface area contributed by atoms with Crippen LogP contribution in [-0.2, 0) is 26.2 Å². The number of anilines is 1. The fraction of sp³-hybridized carbons (Fsp3) is 0.417. The van der Waals surface area contributed by atoms with E-state index >= 15 is 0 Å². The van der Waals surface area contributed by atoms with Gasteiger partial charge in [0, 0.05) is 24.2 Å². The maximum atomic E-state index is 13.5. The quantitative estimate of drug-likeness (QED) is 0.501. The van der Waals surface area contributed by atoms with Crippen molar-refractivity contribution in [2.45, 2.75) is 33.4 Å². The summed E-state index contributed by atoms with van der Waals surface area (Å²) in [5.74, 6) is -0.188. The molecule has 1 N–H and O–H groups in total. The van der Waals surface area contributed by atoms with E-state index in [0.29, 0.717) is 22.9 Å². The third-order valence-corrected chi connectivity index (χ3v) is 6.68. The molecular weight excluding hydrogens is 478 g/mol. The summed E-state index contributed by atoms with van der Waals surface area (Å²) in [7, 11) is -2.35. The largest absolute Gasteiger partial charge is 0.497 e. The number of hydrogen-bond acceptors (Lipinski definition) is 5. The molecular formula is C24H32ClN3O5S. The van der Waals surface area contributed by atoms with Gasteiger partial charge in [0.25, 0.3) is 0 Å². The van der Waals surface area contributed by atoms with Crippen LogP contribution in [0.4, 0.5) is 5.69 Å². The molecule has 2 aromatic carbocycles. The highest BCUT2D eigenvalue weighted by molar-refractivity contribution is 7.92. The zero-order chi connectivity index (χ0) is 25.5. The molecule has 0 aliphatic carbocycles. The van der Waals surface area contributed by atoms with Crippen molar-refractivity contribution in [3.8, 4) is 5.75 Å². The van der Waals surface area contributed by atoms with Gasteiger partial charge in [-0.25, -0.2) is 8.42 Å². The van der Waals surface area contributed by atoms with Gasteiger partial charge in [0.05, 0.1) is 19.1 Å². The Labute approximate surface area is 206 Å². The molecule has 0 aromatic heterocycles. The molecule has 0 aliphatic rings. The van der Waals surface area contributed by atoms with Crippen LogP contribution in [0.25, 0.3) is 0 Å². The van der Waals surface area contributed by atoms with E-state index in [1.54, 1.807) is 49.4 Å². The van der Waals surface area contributed by atoms with Crippen molar-refractivity contribution in [1.82, 2.24) is 10.2 Å². The minimum absolute atomic E-state index is 0.0461. The maximum Gasteiger partial charge on any atom is 0.244 e. The van der Waals surface area contributed by atoms with Crippen molar-refractivity contribution in [2.24, 2.45) is 5.92 Å². The van der Waals surface area contributed by atoms with Crippen molar-refractivity contribution in [2.75, 3.05) is 30.8 Å². The number of rotatable bonds is 11. The number of sulfonamides is 1. The van der Waals surface area contributed by atoms with Crippen LogP contribution in [-0.4, -0.2) is 57.6 Å². The molecule has 2 aromatic rings. The third kappa shape index (κ3) is 7.63. The first-order valence-electron chi connectivity index (χ1n) is 10.9. The molecule has 186 valence electrons. The smallest absolute Gasteiger partial charge is 0.244 e. The zero-order valence-electron chi connectivity index (χ0n) is 20.1. The summed E-state index contributed by atoms with van der Waals surface area (Å²) in [5.41, 5.74) is 0.929. The Morgan fingerprint density at radius 2 is 1.76 bits per heavy atom. The number of carbonyl (C=O) groups is 2. The average Bonchev–Trinajstić information content (AvgIpc) is 2.79. The number of methoxy groups -OCH3 is 1. The molecule has 2 rings (SSSR count). The molecule has 0 heterocycles. The van der Waals surface area contributed by atoms with Crippen molar-refractivity contribution >= 4 is 39.1 Å². The van der Waals surface area contributed by atoms with E-state index in [4.69, 9.17) is 16.3 Å². The highest BCUT2D eigenvalue weighted by Crippen LogP contribution is 2.24. The van der Waals surface area contributed by atoms with Crippen LogP contribution in [0.5, 0.6) is 5.75 Å². The normalized spacial score (nSPS) is 12.2. The summed E-state index contributed by atoms with van der Waals surface area (Å²) in [6.07, 6.45) is 1.02. The highest BCUT2D eigenvalue weighted by Gasteiger charge is 2.30. The fourth-order valence-corrected chi connectivity index (χ4v) is 4.26. The standard InChI is InChI=1S/C24H32ClN3O5S/c1-17(2)14-26-24(30)18(3)27(15-19-9-6-7-12-22(19)25)23(29)16-28(34(5,31)32)20-10-8-11-21(13-20)33-4/h6-13,17-18H,14-16H2,1-5H3,(H,26,30)/t18-/m1/s1. The van der Waals surface area contributed by atoms with Crippen molar-refractivity contribution < 1.29 is 22.7 Å². The molecule has 0 fully saturated rings. The summed E-state index contributed by atoms with van der Waals surface area (Å²) < 4.78 is 31.4. The minimum atomic E-state index is -3.82. The van der Waals surface area contributed by atoms with E-state index in [1.165, 1.54) is 18.1 Å². The van der Waals surface area contributed by atoms with Crippen LogP contribution in [0.15, 0.2) is 48.5 Å². The second kappa shape index (κ2) is 12.1. The molecule has 8 nitrogen and oxygen atoms in total. The van der Waals surface area contributed by atoms with E-state index < -0.39 is 28.5 Å². The molecule has 1 atom stereocenters. The minimum Gasteiger partial charge on any atom is -0.497 e. The monoisotopic (exact) mass is 509 g/mol. The lowest BCUT2D eigenvalue weighted by Crippen LogP contribution is -2.51. The highest BCUT2D eigenvalue weighted by atomic mass is 35.5. The molecule has 2 amide bonds. The van der Waals surface area contributed by atoms with Crippen LogP contribution in [0.2, 0.25) is 5.02 Å². The predicted molar refractivity (Wildman–Crippen MR) is 134 cm³/mol. The molecule has 10 heteroatoms. The lowest BCUT2D eigenvalue weighted by Gasteiger charge is -2.32. The van der Waals surface area contributed by atoms with Gasteiger partial charge in [-0.1, -0.05) is 49.7 Å². The first-order valence-corrected chi connectivity index (χ1v) is 13.1. The van der Waals surface area contributed by atoms with Gasteiger partial charge in [0.2, 0.25) is 21.8 Å². The Kier molecular flexibility index (Phi) is 9.76. The lowest BCUT2D eigenvalue weighted by molar-refractivity contribution is -0.139. The van der Waals surface area contributed by atoms with E-state index in [9.17, 15) is 18.0 Å². The van der Waals surface area contributed by atoms with E-state index in [1.807, 2.05) is 13.8 Å². The number of hydrogen-bond donors (Lipinski definition) is 1. The maximum absolute atomic E-state index is 13.5. The van der Waals surface area contributed by atoms with E-state index in [2.05, 4.69) is 5.32 Å². The number of halogens is 1. The average molecular weight is 510 g/mol. The summed E-state index contributed by atoms with van der Waals surface area (Å²) in [6.45, 7) is 5.56. The Morgan fingerprint density at radius 1 is 1.09 bits per heavy atom. The first-order chi connectivity index (χ1) is 15.9. The van der Waals surface area contributed by atoms with Crippen molar-refractivity contribution in [3.63, 3.8) is 0 Å². The molecule has 0 saturated heterocycles. The number of ether oxygens (including phenoxy) is 1. The molecule has 0 saturated carbocycles. The van der Waals surface area contributed by atoms with Gasteiger partial charge >= 0.3 is 0 Å². The van der Waals surface area contributed by atoms with Crippen LogP contribution in [0, 0.1) is 5.92 Å². The number of nitrogens with one attached hydrogen (secondary N) is 1. The zero-order valence-corrected chi connectivity index (χ0v) is 21.7. The van der Waals surface area contributed by atoms with Crippen LogP contribution >= 0.6 is 11.6 Å². The topological polar surface area (TPSA) is 96.0 Å². The SMILES string of the molecule is COc1cccc(N(CC(=O)N(Cc2ccccc2Cl)[C@H](C)C(=O)NCC(C)C)S(C)(=O)=O)c1. The van der Waals surface area contributed by atoms with Gasteiger partial charge in [-0.3, -0.25) is 13.9 Å². The Morgan fingerprint density at radius 3 is 2.35 bits per heavy atom. The van der Waals surface area contributed by atoms with Gasteiger partial charge in [-0.05, 0) is 36.6 Å². The van der Waals surface area contributed by atoms with Crippen molar-refractivity contribution in [3.05, 3.63) is 59.1 Å². The summed E-state index contributed by atoms with van der Waals surface area (Å²) in [6, 6.07) is 12.6. The first kappa shape index (κ1) is 27.5. The number of benzene rings is 2. The second-order valence-electron chi connectivity index (χ2n) is 8.40. The molecule has 34 heavy (non-hydrogen) atoms. The summed E-state index contributed by atoms with van der Waals surface area (Å²) >= 11 is 6.31. The van der Waals surface area contributed by atoms with Crippen LogP contribution in [0.1, 0.15) is 26.3 Å². The van der Waals surface area contributed by atoms with E-state index in [-0.39, 0.29) is 24.1 Å². The molecule has 0 radical (unpaired) electrons. The number of carbonyl (C=O) groups excluding carboxylic acids is 2. The molecule has 0 unspecified atom stereocenters. The van der Waals surface area contributed by atoms with Crippen molar-refractivity contribution in [1.29, 1.82) is 0 Å². The third-order valence-electron chi connectivity index (χ3n) is 5.17. The van der Waals surface area contributed by atoms with Gasteiger partial charge < -0.3 is 15.0 Å². The number of nitrogens with zero attached hydrogens (tertiary/aromatic N) is 2. The second-order valence-corrected chi connectivity index (χ2v) is 10.7. The van der Waals surface area contributed by atoms with E-state index in [0.717, 1.165) is 10.6 Å². The van der Waals surface area contributed by atoms with Gasteiger partial charge in [0.1, 0.15) is 18.3 Å².